The first-order valence-electron chi connectivity index (χ1n) is 6.58. The molecule has 0 aromatic carbocycles. The first kappa shape index (κ1) is 15.9. The van der Waals surface area contributed by atoms with Gasteiger partial charge < -0.3 is 9.64 Å². The van der Waals surface area contributed by atoms with Gasteiger partial charge in [-0.3, -0.25) is 0 Å². The Balaban J connectivity index is 5.03. The minimum atomic E-state index is 0.293. The summed E-state index contributed by atoms with van der Waals surface area (Å²) in [6, 6.07) is 0. The number of ether oxygens (including phenoxy) is 1. The summed E-state index contributed by atoms with van der Waals surface area (Å²) in [5.41, 5.74) is 0.293. The van der Waals surface area contributed by atoms with Gasteiger partial charge in [0.2, 0.25) is 0 Å². The lowest BCUT2D eigenvalue weighted by molar-refractivity contribution is -0.0273. The standard InChI is InChI=1S/C14H31NO/c1-8-12(3)14(11-16-7,10-15(5)6)13(4)9-2/h12-13H,8-11H2,1-7H3. The number of nitrogens with zero attached hydrogens (tertiary/aromatic N) is 1. The molecule has 0 radical (unpaired) electrons. The van der Waals surface area contributed by atoms with Crippen molar-refractivity contribution in [1.29, 1.82) is 0 Å². The maximum absolute atomic E-state index is 5.53. The molecule has 0 spiro atoms. The van der Waals surface area contributed by atoms with E-state index in [1.54, 1.807) is 0 Å². The fraction of sp³-hybridized carbons (Fsp3) is 1.00. The molecule has 0 heterocycles. The van der Waals surface area contributed by atoms with Crippen LogP contribution in [0, 0.1) is 17.3 Å². The number of rotatable bonds is 8. The molecule has 0 saturated carbocycles. The fourth-order valence-electron chi connectivity index (χ4n) is 2.80. The fourth-order valence-corrected chi connectivity index (χ4v) is 2.80. The Bertz CT molecular complexity index is 170. The summed E-state index contributed by atoms with van der Waals surface area (Å²) in [4.78, 5) is 2.30. The van der Waals surface area contributed by atoms with Crippen LogP contribution >= 0.6 is 0 Å². The highest BCUT2D eigenvalue weighted by Crippen LogP contribution is 2.40. The lowest BCUT2D eigenvalue weighted by Crippen LogP contribution is -2.47. The van der Waals surface area contributed by atoms with Crippen LogP contribution in [-0.4, -0.2) is 39.3 Å². The third kappa shape index (κ3) is 3.74. The average Bonchev–Trinajstić information content (AvgIpc) is 2.25. The Morgan fingerprint density at radius 2 is 1.50 bits per heavy atom. The van der Waals surface area contributed by atoms with Gasteiger partial charge in [0.25, 0.3) is 0 Å². The van der Waals surface area contributed by atoms with Crippen LogP contribution in [0.2, 0.25) is 0 Å². The second-order valence-electron chi connectivity index (χ2n) is 5.52. The van der Waals surface area contributed by atoms with Gasteiger partial charge in [0, 0.05) is 19.1 Å². The highest BCUT2D eigenvalue weighted by atomic mass is 16.5. The summed E-state index contributed by atoms with van der Waals surface area (Å²) in [5, 5.41) is 0. The molecule has 0 saturated heterocycles. The average molecular weight is 229 g/mol. The molecule has 0 bridgehead atoms. The Hall–Kier alpha value is -0.0800. The molecule has 0 aromatic heterocycles. The molecule has 0 amide bonds. The van der Waals surface area contributed by atoms with Crippen molar-refractivity contribution in [3.05, 3.63) is 0 Å². The largest absolute Gasteiger partial charge is 0.384 e. The van der Waals surface area contributed by atoms with E-state index < -0.39 is 0 Å². The van der Waals surface area contributed by atoms with Gasteiger partial charge in [0.1, 0.15) is 0 Å². The molecule has 0 aliphatic heterocycles. The van der Waals surface area contributed by atoms with E-state index in [0.29, 0.717) is 17.3 Å². The van der Waals surface area contributed by atoms with E-state index in [-0.39, 0.29) is 0 Å². The van der Waals surface area contributed by atoms with Crippen molar-refractivity contribution in [3.63, 3.8) is 0 Å². The van der Waals surface area contributed by atoms with Crippen LogP contribution in [-0.2, 0) is 4.74 Å². The highest BCUT2D eigenvalue weighted by Gasteiger charge is 2.40. The topological polar surface area (TPSA) is 12.5 Å². The minimum Gasteiger partial charge on any atom is -0.384 e. The Kier molecular flexibility index (Phi) is 7.25. The maximum atomic E-state index is 5.53. The van der Waals surface area contributed by atoms with Gasteiger partial charge in [-0.1, -0.05) is 40.5 Å². The first-order chi connectivity index (χ1) is 7.44. The quantitative estimate of drug-likeness (QED) is 0.633. The molecule has 0 fully saturated rings. The Labute approximate surface area is 102 Å². The molecule has 16 heavy (non-hydrogen) atoms. The van der Waals surface area contributed by atoms with Crippen molar-refractivity contribution < 1.29 is 4.74 Å². The summed E-state index contributed by atoms with van der Waals surface area (Å²) in [6.45, 7) is 11.3. The van der Waals surface area contributed by atoms with Gasteiger partial charge in [-0.05, 0) is 25.9 Å². The van der Waals surface area contributed by atoms with Gasteiger partial charge in [0.15, 0.2) is 0 Å². The van der Waals surface area contributed by atoms with Crippen LogP contribution in [0.15, 0.2) is 0 Å². The van der Waals surface area contributed by atoms with Crippen molar-refractivity contribution in [2.45, 2.75) is 40.5 Å². The van der Waals surface area contributed by atoms with E-state index in [2.05, 4.69) is 46.7 Å². The van der Waals surface area contributed by atoms with E-state index >= 15 is 0 Å². The van der Waals surface area contributed by atoms with Crippen molar-refractivity contribution in [3.8, 4) is 0 Å². The maximum Gasteiger partial charge on any atom is 0.0536 e. The van der Waals surface area contributed by atoms with Gasteiger partial charge in [-0.2, -0.15) is 0 Å². The van der Waals surface area contributed by atoms with Crippen molar-refractivity contribution in [2.24, 2.45) is 17.3 Å². The molecular formula is C14H31NO. The molecule has 0 aromatic rings. The molecule has 0 rings (SSSR count). The van der Waals surface area contributed by atoms with Crippen LogP contribution in [0.1, 0.15) is 40.5 Å². The summed E-state index contributed by atoms with van der Waals surface area (Å²) >= 11 is 0. The van der Waals surface area contributed by atoms with Crippen LogP contribution < -0.4 is 0 Å². The van der Waals surface area contributed by atoms with E-state index in [1.165, 1.54) is 12.8 Å². The van der Waals surface area contributed by atoms with Gasteiger partial charge >= 0.3 is 0 Å². The molecule has 2 nitrogen and oxygen atoms in total. The molecule has 0 N–H and O–H groups in total. The third-order valence-electron chi connectivity index (χ3n) is 4.21. The van der Waals surface area contributed by atoms with Crippen LogP contribution in [0.25, 0.3) is 0 Å². The Morgan fingerprint density at radius 1 is 1.06 bits per heavy atom. The van der Waals surface area contributed by atoms with Crippen molar-refractivity contribution >= 4 is 0 Å². The predicted molar refractivity (Wildman–Crippen MR) is 71.8 cm³/mol. The van der Waals surface area contributed by atoms with Gasteiger partial charge in [-0.15, -0.1) is 0 Å². The number of methoxy groups -OCH3 is 1. The zero-order valence-corrected chi connectivity index (χ0v) is 12.3. The minimum absolute atomic E-state index is 0.293. The SMILES string of the molecule is CCC(C)C(COC)(CN(C)C)C(C)CC. The zero-order chi connectivity index (χ0) is 12.8. The molecule has 0 aliphatic rings. The van der Waals surface area contributed by atoms with Crippen LogP contribution in [0.3, 0.4) is 0 Å². The van der Waals surface area contributed by atoms with Crippen molar-refractivity contribution in [1.82, 2.24) is 4.90 Å². The predicted octanol–water partition coefficient (Wildman–Crippen LogP) is 3.27. The molecule has 0 aliphatic carbocycles. The molecule has 2 unspecified atom stereocenters. The van der Waals surface area contributed by atoms with Crippen molar-refractivity contribution in [2.75, 3.05) is 34.4 Å². The van der Waals surface area contributed by atoms with Crippen LogP contribution in [0.4, 0.5) is 0 Å². The van der Waals surface area contributed by atoms with Gasteiger partial charge in [0.05, 0.1) is 6.61 Å². The van der Waals surface area contributed by atoms with E-state index in [0.717, 1.165) is 13.2 Å². The second-order valence-corrected chi connectivity index (χ2v) is 5.52. The van der Waals surface area contributed by atoms with E-state index in [9.17, 15) is 0 Å². The number of hydrogen-bond donors (Lipinski definition) is 0. The zero-order valence-electron chi connectivity index (χ0n) is 12.3. The number of hydrogen-bond acceptors (Lipinski definition) is 2. The Morgan fingerprint density at radius 3 is 1.75 bits per heavy atom. The van der Waals surface area contributed by atoms with Crippen LogP contribution in [0.5, 0.6) is 0 Å². The lowest BCUT2D eigenvalue weighted by atomic mass is 9.66. The summed E-state index contributed by atoms with van der Waals surface area (Å²) in [7, 11) is 6.15. The van der Waals surface area contributed by atoms with Gasteiger partial charge in [-0.25, -0.2) is 0 Å². The van der Waals surface area contributed by atoms with E-state index in [1.807, 2.05) is 7.11 Å². The normalized spacial score (nSPS) is 19.5. The monoisotopic (exact) mass is 229 g/mol. The van der Waals surface area contributed by atoms with E-state index in [4.69, 9.17) is 4.74 Å². The molecular weight excluding hydrogens is 198 g/mol. The molecule has 98 valence electrons. The summed E-state index contributed by atoms with van der Waals surface area (Å²) < 4.78 is 5.53. The molecule has 2 heteroatoms. The second kappa shape index (κ2) is 7.29. The highest BCUT2D eigenvalue weighted by molar-refractivity contribution is 4.90. The summed E-state index contributed by atoms with van der Waals surface area (Å²) in [6.07, 6.45) is 2.45. The lowest BCUT2D eigenvalue weighted by Gasteiger charge is -2.45. The first-order valence-corrected chi connectivity index (χ1v) is 6.58. The summed E-state index contributed by atoms with van der Waals surface area (Å²) in [5.74, 6) is 1.40. The third-order valence-corrected chi connectivity index (χ3v) is 4.21. The smallest absolute Gasteiger partial charge is 0.0536 e. The molecule has 2 atom stereocenters.